The standard InChI is InChI=1S/C16H18FN3/c1-3-19-12(2)14-7-8-20(10-14)11-15-6-4-5-13(9-18)16(15)17/h4-8,10,12,19H,3,11H2,1-2H3. The first-order chi connectivity index (χ1) is 9.65. The van der Waals surface area contributed by atoms with Gasteiger partial charge in [-0.15, -0.1) is 0 Å². The molecule has 0 aliphatic rings. The van der Waals surface area contributed by atoms with Crippen LogP contribution in [0.2, 0.25) is 0 Å². The van der Waals surface area contributed by atoms with E-state index in [0.717, 1.165) is 6.54 Å². The fourth-order valence-corrected chi connectivity index (χ4v) is 2.22. The number of nitriles is 1. The highest BCUT2D eigenvalue weighted by Crippen LogP contribution is 2.16. The molecule has 1 atom stereocenters. The molecule has 0 amide bonds. The van der Waals surface area contributed by atoms with Crippen LogP contribution in [0.3, 0.4) is 0 Å². The van der Waals surface area contributed by atoms with Crippen LogP contribution < -0.4 is 5.32 Å². The second-order valence-electron chi connectivity index (χ2n) is 4.79. The van der Waals surface area contributed by atoms with Crippen molar-refractivity contribution >= 4 is 0 Å². The molecule has 1 N–H and O–H groups in total. The predicted octanol–water partition coefficient (Wildman–Crippen LogP) is 3.22. The van der Waals surface area contributed by atoms with E-state index in [1.807, 2.05) is 29.1 Å². The van der Waals surface area contributed by atoms with E-state index in [4.69, 9.17) is 5.26 Å². The third-order valence-electron chi connectivity index (χ3n) is 3.34. The minimum atomic E-state index is -0.426. The van der Waals surface area contributed by atoms with Crippen LogP contribution in [-0.2, 0) is 6.54 Å². The van der Waals surface area contributed by atoms with Gasteiger partial charge in [-0.2, -0.15) is 5.26 Å². The molecule has 1 unspecified atom stereocenters. The summed E-state index contributed by atoms with van der Waals surface area (Å²) in [5.41, 5.74) is 1.79. The van der Waals surface area contributed by atoms with Gasteiger partial charge >= 0.3 is 0 Å². The second-order valence-corrected chi connectivity index (χ2v) is 4.79. The van der Waals surface area contributed by atoms with E-state index in [9.17, 15) is 4.39 Å². The molecule has 2 aromatic rings. The number of halogens is 1. The van der Waals surface area contributed by atoms with Crippen molar-refractivity contribution in [1.29, 1.82) is 5.26 Å². The van der Waals surface area contributed by atoms with Gasteiger partial charge in [0.1, 0.15) is 11.9 Å². The van der Waals surface area contributed by atoms with E-state index in [2.05, 4.69) is 19.2 Å². The maximum absolute atomic E-state index is 14.0. The van der Waals surface area contributed by atoms with Gasteiger partial charge in [-0.25, -0.2) is 4.39 Å². The summed E-state index contributed by atoms with van der Waals surface area (Å²) < 4.78 is 15.9. The summed E-state index contributed by atoms with van der Waals surface area (Å²) in [6.45, 7) is 5.50. The van der Waals surface area contributed by atoms with Crippen LogP contribution in [0, 0.1) is 17.1 Å². The fourth-order valence-electron chi connectivity index (χ4n) is 2.22. The van der Waals surface area contributed by atoms with Crippen molar-refractivity contribution in [2.24, 2.45) is 0 Å². The van der Waals surface area contributed by atoms with Gasteiger partial charge < -0.3 is 9.88 Å². The van der Waals surface area contributed by atoms with Gasteiger partial charge in [0.15, 0.2) is 0 Å². The monoisotopic (exact) mass is 271 g/mol. The van der Waals surface area contributed by atoms with Crippen molar-refractivity contribution in [1.82, 2.24) is 9.88 Å². The van der Waals surface area contributed by atoms with E-state index >= 15 is 0 Å². The predicted molar refractivity (Wildman–Crippen MR) is 76.7 cm³/mol. The van der Waals surface area contributed by atoms with Crippen molar-refractivity contribution in [3.63, 3.8) is 0 Å². The molecule has 4 heteroatoms. The first kappa shape index (κ1) is 14.3. The zero-order valence-corrected chi connectivity index (χ0v) is 11.7. The molecule has 0 aliphatic carbocycles. The number of aromatic nitrogens is 1. The van der Waals surface area contributed by atoms with Crippen LogP contribution in [0.15, 0.2) is 36.7 Å². The van der Waals surface area contributed by atoms with Crippen LogP contribution in [-0.4, -0.2) is 11.1 Å². The molecule has 0 radical (unpaired) electrons. The molecule has 0 saturated heterocycles. The van der Waals surface area contributed by atoms with Crippen molar-refractivity contribution in [2.75, 3.05) is 6.54 Å². The minimum absolute atomic E-state index is 0.0934. The summed E-state index contributed by atoms with van der Waals surface area (Å²) >= 11 is 0. The van der Waals surface area contributed by atoms with Gasteiger partial charge in [0, 0.05) is 30.5 Å². The first-order valence-corrected chi connectivity index (χ1v) is 6.72. The molecular weight excluding hydrogens is 253 g/mol. The number of nitrogens with zero attached hydrogens (tertiary/aromatic N) is 2. The molecular formula is C16H18FN3. The lowest BCUT2D eigenvalue weighted by Crippen LogP contribution is -2.17. The van der Waals surface area contributed by atoms with Crippen molar-refractivity contribution in [3.05, 3.63) is 59.2 Å². The maximum Gasteiger partial charge on any atom is 0.145 e. The van der Waals surface area contributed by atoms with E-state index in [1.54, 1.807) is 12.1 Å². The van der Waals surface area contributed by atoms with Gasteiger partial charge in [-0.3, -0.25) is 0 Å². The van der Waals surface area contributed by atoms with Crippen molar-refractivity contribution in [2.45, 2.75) is 26.4 Å². The molecule has 2 rings (SSSR count). The van der Waals surface area contributed by atoms with Crippen LogP contribution in [0.1, 0.15) is 36.6 Å². The number of benzene rings is 1. The lowest BCUT2D eigenvalue weighted by atomic mass is 10.1. The number of nitrogens with one attached hydrogen (secondary N) is 1. The largest absolute Gasteiger partial charge is 0.349 e. The topological polar surface area (TPSA) is 40.8 Å². The van der Waals surface area contributed by atoms with E-state index in [-0.39, 0.29) is 11.6 Å². The van der Waals surface area contributed by atoms with Crippen LogP contribution >= 0.6 is 0 Å². The Bertz CT molecular complexity index is 625. The van der Waals surface area contributed by atoms with Gasteiger partial charge in [-0.05, 0) is 31.2 Å². The average Bonchev–Trinajstić information content (AvgIpc) is 2.90. The molecule has 1 aromatic heterocycles. The zero-order valence-electron chi connectivity index (χ0n) is 11.7. The van der Waals surface area contributed by atoms with Crippen LogP contribution in [0.4, 0.5) is 4.39 Å². The highest BCUT2D eigenvalue weighted by Gasteiger charge is 2.09. The summed E-state index contributed by atoms with van der Waals surface area (Å²) in [4.78, 5) is 0. The third-order valence-corrected chi connectivity index (χ3v) is 3.34. The van der Waals surface area contributed by atoms with E-state index in [0.29, 0.717) is 12.1 Å². The number of hydrogen-bond acceptors (Lipinski definition) is 2. The van der Waals surface area contributed by atoms with Gasteiger partial charge in [0.2, 0.25) is 0 Å². The zero-order chi connectivity index (χ0) is 14.5. The number of hydrogen-bond donors (Lipinski definition) is 1. The highest BCUT2D eigenvalue weighted by molar-refractivity contribution is 5.35. The lowest BCUT2D eigenvalue weighted by molar-refractivity contribution is 0.589. The SMILES string of the molecule is CCNC(C)c1ccn(Cc2cccc(C#N)c2F)c1. The normalized spacial score (nSPS) is 12.1. The molecule has 0 saturated carbocycles. The Kier molecular flexibility index (Phi) is 4.54. The van der Waals surface area contributed by atoms with Crippen molar-refractivity contribution in [3.8, 4) is 6.07 Å². The molecule has 1 aromatic carbocycles. The van der Waals surface area contributed by atoms with Crippen LogP contribution in [0.5, 0.6) is 0 Å². The highest BCUT2D eigenvalue weighted by atomic mass is 19.1. The number of rotatable bonds is 5. The molecule has 20 heavy (non-hydrogen) atoms. The molecule has 0 spiro atoms. The van der Waals surface area contributed by atoms with Gasteiger partial charge in [0.25, 0.3) is 0 Å². The summed E-state index contributed by atoms with van der Waals surface area (Å²) in [7, 11) is 0. The first-order valence-electron chi connectivity index (χ1n) is 6.72. The summed E-state index contributed by atoms with van der Waals surface area (Å²) in [5.74, 6) is -0.426. The maximum atomic E-state index is 14.0. The fraction of sp³-hybridized carbons (Fsp3) is 0.312. The Morgan fingerprint density at radius 3 is 2.90 bits per heavy atom. The van der Waals surface area contributed by atoms with Crippen molar-refractivity contribution < 1.29 is 4.39 Å². The molecule has 0 aliphatic heterocycles. The second kappa shape index (κ2) is 6.36. The summed E-state index contributed by atoms with van der Waals surface area (Å²) in [5, 5.41) is 12.2. The molecule has 3 nitrogen and oxygen atoms in total. The third kappa shape index (κ3) is 3.06. The van der Waals surface area contributed by atoms with Crippen LogP contribution in [0.25, 0.3) is 0 Å². The van der Waals surface area contributed by atoms with E-state index < -0.39 is 5.82 Å². The smallest absolute Gasteiger partial charge is 0.145 e. The Morgan fingerprint density at radius 1 is 1.40 bits per heavy atom. The molecule has 0 fully saturated rings. The van der Waals surface area contributed by atoms with Gasteiger partial charge in [0.05, 0.1) is 5.56 Å². The molecule has 104 valence electrons. The Labute approximate surface area is 118 Å². The molecule has 1 heterocycles. The minimum Gasteiger partial charge on any atom is -0.349 e. The average molecular weight is 271 g/mol. The summed E-state index contributed by atoms with van der Waals surface area (Å²) in [6, 6.07) is 9.09. The Balaban J connectivity index is 2.17. The van der Waals surface area contributed by atoms with Gasteiger partial charge in [-0.1, -0.05) is 19.1 Å². The van der Waals surface area contributed by atoms with E-state index in [1.165, 1.54) is 11.6 Å². The summed E-state index contributed by atoms with van der Waals surface area (Å²) in [6.07, 6.45) is 3.94. The lowest BCUT2D eigenvalue weighted by Gasteiger charge is -2.10. The Morgan fingerprint density at radius 2 is 2.20 bits per heavy atom. The Hall–Kier alpha value is -2.12. The molecule has 0 bridgehead atoms. The quantitative estimate of drug-likeness (QED) is 0.907.